The maximum absolute atomic E-state index is 5.78. The van der Waals surface area contributed by atoms with Gasteiger partial charge in [0.2, 0.25) is 0 Å². The maximum Gasteiger partial charge on any atom is 0.0471 e. The number of nitrogen functional groups attached to an aromatic ring is 1. The van der Waals surface area contributed by atoms with Gasteiger partial charge in [-0.25, -0.2) is 0 Å². The van der Waals surface area contributed by atoms with Gasteiger partial charge in [0.1, 0.15) is 0 Å². The van der Waals surface area contributed by atoms with Gasteiger partial charge in [0.25, 0.3) is 0 Å². The third-order valence-electron chi connectivity index (χ3n) is 2.19. The minimum absolute atomic E-state index is 0.840. The zero-order valence-electron chi connectivity index (χ0n) is 8.27. The van der Waals surface area contributed by atoms with Crippen LogP contribution < -0.4 is 5.73 Å². The first-order chi connectivity index (χ1) is 6.74. The summed E-state index contributed by atoms with van der Waals surface area (Å²) in [7, 11) is 0. The molecule has 0 radical (unpaired) electrons. The molecular formula is C12H14N2. The van der Waals surface area contributed by atoms with Gasteiger partial charge in [-0.2, -0.15) is 0 Å². The van der Waals surface area contributed by atoms with Crippen LogP contribution in [0.1, 0.15) is 11.1 Å². The van der Waals surface area contributed by atoms with Crippen molar-refractivity contribution in [1.29, 1.82) is 0 Å². The first-order valence-electron chi connectivity index (χ1n) is 4.71. The summed E-state index contributed by atoms with van der Waals surface area (Å²) in [5, 5.41) is 0. The molecular weight excluding hydrogens is 172 g/mol. The molecule has 0 fully saturated rings. The molecule has 0 spiro atoms. The van der Waals surface area contributed by atoms with Gasteiger partial charge < -0.3 is 10.3 Å². The molecule has 0 bridgehead atoms. The number of hydrogen-bond acceptors (Lipinski definition) is 1. The normalized spacial score (nSPS) is 10.4. The van der Waals surface area contributed by atoms with E-state index >= 15 is 0 Å². The van der Waals surface area contributed by atoms with Gasteiger partial charge in [-0.3, -0.25) is 0 Å². The van der Waals surface area contributed by atoms with Crippen LogP contribution in [0, 0.1) is 6.92 Å². The number of benzene rings is 1. The molecule has 72 valence electrons. The molecule has 2 aromatic rings. The lowest BCUT2D eigenvalue weighted by molar-refractivity contribution is 0.806. The predicted octanol–water partition coefficient (Wildman–Crippen LogP) is 2.43. The molecule has 0 aliphatic carbocycles. The lowest BCUT2D eigenvalue weighted by Gasteiger charge is -2.05. The predicted molar refractivity (Wildman–Crippen MR) is 59.1 cm³/mol. The Bertz CT molecular complexity index is 396. The molecule has 0 saturated heterocycles. The minimum atomic E-state index is 0.840. The van der Waals surface area contributed by atoms with Gasteiger partial charge >= 0.3 is 0 Å². The fraction of sp³-hybridized carbons (Fsp3) is 0.167. The summed E-state index contributed by atoms with van der Waals surface area (Å²) in [5.74, 6) is 0. The molecule has 0 unspecified atom stereocenters. The Balaban J connectivity index is 2.25. The summed E-state index contributed by atoms with van der Waals surface area (Å²) >= 11 is 0. The fourth-order valence-electron chi connectivity index (χ4n) is 1.67. The molecule has 2 nitrogen and oxygen atoms in total. The lowest BCUT2D eigenvalue weighted by atomic mass is 10.1. The van der Waals surface area contributed by atoms with E-state index in [9.17, 15) is 0 Å². The number of nitrogens with zero attached hydrogens (tertiary/aromatic N) is 1. The molecule has 2 rings (SSSR count). The molecule has 0 aliphatic rings. The van der Waals surface area contributed by atoms with Crippen LogP contribution in [-0.2, 0) is 6.54 Å². The van der Waals surface area contributed by atoms with Gasteiger partial charge in [-0.05, 0) is 42.3 Å². The Hall–Kier alpha value is -1.70. The van der Waals surface area contributed by atoms with Gasteiger partial charge in [-0.15, -0.1) is 0 Å². The van der Waals surface area contributed by atoms with Crippen molar-refractivity contribution in [3.05, 3.63) is 53.9 Å². The quantitative estimate of drug-likeness (QED) is 0.717. The van der Waals surface area contributed by atoms with Gasteiger partial charge in [0, 0.05) is 24.6 Å². The number of anilines is 1. The van der Waals surface area contributed by atoms with Crippen LogP contribution in [-0.4, -0.2) is 4.57 Å². The lowest BCUT2D eigenvalue weighted by Crippen LogP contribution is -1.98. The average molecular weight is 186 g/mol. The Kier molecular flexibility index (Phi) is 2.27. The highest BCUT2D eigenvalue weighted by molar-refractivity contribution is 5.44. The smallest absolute Gasteiger partial charge is 0.0471 e. The van der Waals surface area contributed by atoms with E-state index < -0.39 is 0 Å². The summed E-state index contributed by atoms with van der Waals surface area (Å²) in [6, 6.07) is 10.2. The molecule has 1 heterocycles. The van der Waals surface area contributed by atoms with E-state index in [2.05, 4.69) is 30.0 Å². The van der Waals surface area contributed by atoms with Crippen LogP contribution in [0.2, 0.25) is 0 Å². The van der Waals surface area contributed by atoms with Crippen molar-refractivity contribution >= 4 is 5.69 Å². The van der Waals surface area contributed by atoms with E-state index in [1.54, 1.807) is 0 Å². The highest BCUT2D eigenvalue weighted by Crippen LogP contribution is 2.12. The van der Waals surface area contributed by atoms with E-state index in [0.717, 1.165) is 12.2 Å². The highest BCUT2D eigenvalue weighted by Gasteiger charge is 1.96. The van der Waals surface area contributed by atoms with E-state index in [0.29, 0.717) is 0 Å². The SMILES string of the molecule is Cc1cc(N)cc(Cn2cccc2)c1. The topological polar surface area (TPSA) is 30.9 Å². The molecule has 2 N–H and O–H groups in total. The number of aromatic nitrogens is 1. The van der Waals surface area contributed by atoms with Crippen LogP contribution in [0.4, 0.5) is 5.69 Å². The first-order valence-corrected chi connectivity index (χ1v) is 4.71. The second kappa shape index (κ2) is 3.58. The van der Waals surface area contributed by atoms with Crippen molar-refractivity contribution in [1.82, 2.24) is 4.57 Å². The van der Waals surface area contributed by atoms with Crippen molar-refractivity contribution < 1.29 is 0 Å². The zero-order chi connectivity index (χ0) is 9.97. The number of nitrogens with two attached hydrogens (primary N) is 1. The molecule has 0 amide bonds. The van der Waals surface area contributed by atoms with Gasteiger partial charge in [-0.1, -0.05) is 6.07 Å². The van der Waals surface area contributed by atoms with Crippen molar-refractivity contribution in [2.45, 2.75) is 13.5 Å². The Morgan fingerprint density at radius 2 is 1.86 bits per heavy atom. The molecule has 1 aromatic carbocycles. The van der Waals surface area contributed by atoms with E-state index in [4.69, 9.17) is 5.73 Å². The Labute approximate surface area is 84.0 Å². The Morgan fingerprint density at radius 1 is 1.14 bits per heavy atom. The number of hydrogen-bond donors (Lipinski definition) is 1. The van der Waals surface area contributed by atoms with Gasteiger partial charge in [0.15, 0.2) is 0 Å². The molecule has 0 atom stereocenters. The standard InChI is InChI=1S/C12H14N2/c1-10-6-11(8-12(13)7-10)9-14-4-2-3-5-14/h2-8H,9,13H2,1H3. The monoisotopic (exact) mass is 186 g/mol. The van der Waals surface area contributed by atoms with Crippen molar-refractivity contribution in [3.63, 3.8) is 0 Å². The molecule has 0 aliphatic heterocycles. The second-order valence-electron chi connectivity index (χ2n) is 3.61. The van der Waals surface area contributed by atoms with Crippen molar-refractivity contribution in [2.24, 2.45) is 0 Å². The fourth-order valence-corrected chi connectivity index (χ4v) is 1.67. The second-order valence-corrected chi connectivity index (χ2v) is 3.61. The summed E-state index contributed by atoms with van der Waals surface area (Å²) in [5.41, 5.74) is 9.08. The largest absolute Gasteiger partial charge is 0.399 e. The molecule has 1 aromatic heterocycles. The minimum Gasteiger partial charge on any atom is -0.399 e. The van der Waals surface area contributed by atoms with Crippen molar-refractivity contribution in [3.8, 4) is 0 Å². The summed E-state index contributed by atoms with van der Waals surface area (Å²) in [4.78, 5) is 0. The third kappa shape index (κ3) is 1.96. The van der Waals surface area contributed by atoms with Crippen LogP contribution in [0.5, 0.6) is 0 Å². The van der Waals surface area contributed by atoms with Crippen LogP contribution >= 0.6 is 0 Å². The maximum atomic E-state index is 5.78. The third-order valence-corrected chi connectivity index (χ3v) is 2.19. The van der Waals surface area contributed by atoms with Gasteiger partial charge in [0.05, 0.1) is 0 Å². The van der Waals surface area contributed by atoms with E-state index in [1.165, 1.54) is 11.1 Å². The van der Waals surface area contributed by atoms with Crippen molar-refractivity contribution in [2.75, 3.05) is 5.73 Å². The van der Waals surface area contributed by atoms with E-state index in [-0.39, 0.29) is 0 Å². The molecule has 2 heteroatoms. The van der Waals surface area contributed by atoms with Crippen LogP contribution in [0.15, 0.2) is 42.7 Å². The van der Waals surface area contributed by atoms with E-state index in [1.807, 2.05) is 24.3 Å². The van der Waals surface area contributed by atoms with Crippen LogP contribution in [0.25, 0.3) is 0 Å². The first kappa shape index (κ1) is 8.88. The van der Waals surface area contributed by atoms with Crippen LogP contribution in [0.3, 0.4) is 0 Å². The zero-order valence-corrected chi connectivity index (χ0v) is 8.27. The highest BCUT2D eigenvalue weighted by atomic mass is 14.9. The molecule has 0 saturated carbocycles. The summed E-state index contributed by atoms with van der Waals surface area (Å²) in [6.45, 7) is 2.95. The Morgan fingerprint density at radius 3 is 2.50 bits per heavy atom. The molecule has 14 heavy (non-hydrogen) atoms. The number of aryl methyl sites for hydroxylation is 1. The average Bonchev–Trinajstić information content (AvgIpc) is 2.54. The number of rotatable bonds is 2. The summed E-state index contributed by atoms with van der Waals surface area (Å²) in [6.07, 6.45) is 4.11. The summed E-state index contributed by atoms with van der Waals surface area (Å²) < 4.78 is 2.13.